The minimum atomic E-state index is -0.557. The largest absolute Gasteiger partial charge is 0.491 e. The molecule has 2 rings (SSSR count). The molecule has 1 N–H and O–H groups in total. The van der Waals surface area contributed by atoms with Crippen LogP contribution in [-0.2, 0) is 11.2 Å². The van der Waals surface area contributed by atoms with Crippen molar-refractivity contribution in [2.75, 3.05) is 6.54 Å². The van der Waals surface area contributed by atoms with Crippen LogP contribution in [0.15, 0.2) is 48.5 Å². The Balaban J connectivity index is 1.71. The van der Waals surface area contributed by atoms with Crippen LogP contribution in [0.4, 0.5) is 0 Å². The highest BCUT2D eigenvalue weighted by atomic mass is 35.5. The van der Waals surface area contributed by atoms with Crippen molar-refractivity contribution < 1.29 is 14.3 Å². The number of amides is 1. The summed E-state index contributed by atoms with van der Waals surface area (Å²) in [6, 6.07) is 15.0. The molecule has 0 aromatic heterocycles. The zero-order chi connectivity index (χ0) is 18.9. The quantitative estimate of drug-likeness (QED) is 0.649. The van der Waals surface area contributed by atoms with Crippen molar-refractivity contribution in [2.45, 2.75) is 45.8 Å². The van der Waals surface area contributed by atoms with Crippen molar-refractivity contribution in [3.63, 3.8) is 0 Å². The first-order chi connectivity index (χ1) is 12.4. The lowest BCUT2D eigenvalue weighted by Crippen LogP contribution is -2.36. The lowest BCUT2D eigenvalue weighted by molar-refractivity contribution is -0.127. The van der Waals surface area contributed by atoms with Gasteiger partial charge in [-0.3, -0.25) is 4.79 Å². The number of nitrogens with one attached hydrogen (secondary N) is 1. The number of carbonyl (C=O) groups excluding carboxylic acids is 1. The monoisotopic (exact) mass is 375 g/mol. The molecular weight excluding hydrogens is 350 g/mol. The normalized spacial score (nSPS) is 11.9. The first-order valence-electron chi connectivity index (χ1n) is 8.89. The number of ether oxygens (including phenoxy) is 2. The predicted molar refractivity (Wildman–Crippen MR) is 105 cm³/mol. The molecule has 1 atom stereocenters. The first kappa shape index (κ1) is 20.1. The Morgan fingerprint density at radius 2 is 1.77 bits per heavy atom. The van der Waals surface area contributed by atoms with Gasteiger partial charge in [-0.05, 0) is 75.6 Å². The van der Waals surface area contributed by atoms with Gasteiger partial charge in [0.2, 0.25) is 0 Å². The van der Waals surface area contributed by atoms with Gasteiger partial charge in [-0.1, -0.05) is 23.7 Å². The summed E-state index contributed by atoms with van der Waals surface area (Å²) in [6.45, 7) is 6.35. The highest BCUT2D eigenvalue weighted by molar-refractivity contribution is 6.30. The maximum Gasteiger partial charge on any atom is 0.260 e. The highest BCUT2D eigenvalue weighted by Crippen LogP contribution is 2.17. The Hall–Kier alpha value is -2.20. The summed E-state index contributed by atoms with van der Waals surface area (Å²) in [6.07, 6.45) is 1.33. The van der Waals surface area contributed by atoms with Gasteiger partial charge >= 0.3 is 0 Å². The summed E-state index contributed by atoms with van der Waals surface area (Å²) in [5, 5.41) is 3.55. The molecule has 0 fully saturated rings. The lowest BCUT2D eigenvalue weighted by atomic mass is 10.1. The molecule has 2 aromatic rings. The van der Waals surface area contributed by atoms with Crippen molar-refractivity contribution in [3.05, 3.63) is 59.1 Å². The van der Waals surface area contributed by atoms with E-state index in [-0.39, 0.29) is 12.0 Å². The summed E-state index contributed by atoms with van der Waals surface area (Å²) in [4.78, 5) is 12.1. The van der Waals surface area contributed by atoms with E-state index in [2.05, 4.69) is 11.4 Å². The lowest BCUT2D eigenvalue weighted by Gasteiger charge is -2.15. The van der Waals surface area contributed by atoms with Gasteiger partial charge in [-0.25, -0.2) is 0 Å². The average Bonchev–Trinajstić information content (AvgIpc) is 2.60. The third-order valence-corrected chi connectivity index (χ3v) is 3.96. The third kappa shape index (κ3) is 6.96. The summed E-state index contributed by atoms with van der Waals surface area (Å²) in [5.41, 5.74) is 1.20. The van der Waals surface area contributed by atoms with E-state index in [0.29, 0.717) is 17.3 Å². The fraction of sp³-hybridized carbons (Fsp3) is 0.381. The minimum absolute atomic E-state index is 0.128. The molecule has 0 saturated heterocycles. The molecule has 0 spiro atoms. The average molecular weight is 376 g/mol. The molecule has 0 radical (unpaired) electrons. The number of hydrogen-bond acceptors (Lipinski definition) is 3. The SMILES string of the molecule is CC(C)Oc1cccc(CCCNC(=O)[C@@H](C)Oc2ccc(Cl)cc2)c1. The molecule has 1 amide bonds. The number of benzene rings is 2. The second kappa shape index (κ2) is 10.1. The Kier molecular flexibility index (Phi) is 7.79. The van der Waals surface area contributed by atoms with Gasteiger partial charge < -0.3 is 14.8 Å². The van der Waals surface area contributed by atoms with Gasteiger partial charge in [0, 0.05) is 11.6 Å². The van der Waals surface area contributed by atoms with Crippen molar-refractivity contribution in [1.82, 2.24) is 5.32 Å². The van der Waals surface area contributed by atoms with E-state index in [1.54, 1.807) is 31.2 Å². The first-order valence-corrected chi connectivity index (χ1v) is 9.27. The predicted octanol–water partition coefficient (Wildman–Crippen LogP) is 4.64. The third-order valence-electron chi connectivity index (χ3n) is 3.71. The van der Waals surface area contributed by atoms with E-state index in [4.69, 9.17) is 21.1 Å². The van der Waals surface area contributed by atoms with Crippen molar-refractivity contribution in [2.24, 2.45) is 0 Å². The summed E-state index contributed by atoms with van der Waals surface area (Å²) in [5.74, 6) is 1.38. The molecule has 2 aromatic carbocycles. The summed E-state index contributed by atoms with van der Waals surface area (Å²) in [7, 11) is 0. The van der Waals surface area contributed by atoms with Gasteiger partial charge in [0.15, 0.2) is 6.10 Å². The summed E-state index contributed by atoms with van der Waals surface area (Å²) < 4.78 is 11.3. The van der Waals surface area contributed by atoms with Crippen LogP contribution in [0.3, 0.4) is 0 Å². The van der Waals surface area contributed by atoms with Crippen LogP contribution in [0.5, 0.6) is 11.5 Å². The number of halogens is 1. The molecule has 26 heavy (non-hydrogen) atoms. The van der Waals surface area contributed by atoms with Crippen LogP contribution in [0, 0.1) is 0 Å². The molecule has 0 heterocycles. The van der Waals surface area contributed by atoms with Gasteiger partial charge in [0.1, 0.15) is 11.5 Å². The van der Waals surface area contributed by atoms with Crippen LogP contribution < -0.4 is 14.8 Å². The number of aryl methyl sites for hydroxylation is 1. The Bertz CT molecular complexity index is 701. The second-order valence-corrected chi connectivity index (χ2v) is 6.86. The standard InChI is InChI=1S/C21H26ClNO3/c1-15(2)25-20-8-4-6-17(14-20)7-5-13-23-21(24)16(3)26-19-11-9-18(22)10-12-19/h4,6,8-12,14-16H,5,7,13H2,1-3H3,(H,23,24)/t16-/m1/s1. The molecule has 0 aliphatic heterocycles. The molecular formula is C21H26ClNO3. The van der Waals surface area contributed by atoms with E-state index in [1.165, 1.54) is 5.56 Å². The van der Waals surface area contributed by atoms with Gasteiger partial charge in [0.05, 0.1) is 6.10 Å². The Labute approximate surface area is 160 Å². The molecule has 0 bridgehead atoms. The molecule has 140 valence electrons. The minimum Gasteiger partial charge on any atom is -0.491 e. The van der Waals surface area contributed by atoms with Crippen molar-refractivity contribution in [3.8, 4) is 11.5 Å². The van der Waals surface area contributed by atoms with E-state index in [1.807, 2.05) is 32.0 Å². The fourth-order valence-electron chi connectivity index (χ4n) is 2.47. The maximum atomic E-state index is 12.1. The van der Waals surface area contributed by atoms with Crippen LogP contribution in [0.2, 0.25) is 5.02 Å². The van der Waals surface area contributed by atoms with Crippen molar-refractivity contribution >= 4 is 17.5 Å². The van der Waals surface area contributed by atoms with Gasteiger partial charge in [0.25, 0.3) is 5.91 Å². The van der Waals surface area contributed by atoms with E-state index in [9.17, 15) is 4.79 Å². The maximum absolute atomic E-state index is 12.1. The van der Waals surface area contributed by atoms with Gasteiger partial charge in [-0.15, -0.1) is 0 Å². The molecule has 0 aliphatic rings. The smallest absolute Gasteiger partial charge is 0.260 e. The number of hydrogen-bond donors (Lipinski definition) is 1. The highest BCUT2D eigenvalue weighted by Gasteiger charge is 2.13. The molecule has 0 aliphatic carbocycles. The molecule has 0 unspecified atom stereocenters. The van der Waals surface area contributed by atoms with Crippen molar-refractivity contribution in [1.29, 1.82) is 0 Å². The van der Waals surface area contributed by atoms with E-state index < -0.39 is 6.10 Å². The topological polar surface area (TPSA) is 47.6 Å². The molecule has 4 nitrogen and oxygen atoms in total. The van der Waals surface area contributed by atoms with Crippen LogP contribution in [-0.4, -0.2) is 24.7 Å². The second-order valence-electron chi connectivity index (χ2n) is 6.42. The van der Waals surface area contributed by atoms with Gasteiger partial charge in [-0.2, -0.15) is 0 Å². The summed E-state index contributed by atoms with van der Waals surface area (Å²) >= 11 is 5.84. The Morgan fingerprint density at radius 3 is 2.46 bits per heavy atom. The van der Waals surface area contributed by atoms with E-state index >= 15 is 0 Å². The molecule has 5 heteroatoms. The zero-order valence-corrected chi connectivity index (χ0v) is 16.3. The Morgan fingerprint density at radius 1 is 1.04 bits per heavy atom. The zero-order valence-electron chi connectivity index (χ0n) is 15.5. The van der Waals surface area contributed by atoms with Crippen LogP contribution in [0.25, 0.3) is 0 Å². The fourth-order valence-corrected chi connectivity index (χ4v) is 2.59. The van der Waals surface area contributed by atoms with Crippen LogP contribution >= 0.6 is 11.6 Å². The molecule has 0 saturated carbocycles. The number of rotatable bonds is 9. The van der Waals surface area contributed by atoms with Crippen LogP contribution in [0.1, 0.15) is 32.8 Å². The number of carbonyl (C=O) groups is 1. The van der Waals surface area contributed by atoms with E-state index in [0.717, 1.165) is 18.6 Å².